The zero-order chi connectivity index (χ0) is 21.8. The molecular weight excluding hydrogens is 386 g/mol. The standard InChI is InChI=1S/C26H35N3O2/c1-26(2,3)31-25(30)29-18-22-10-9-21(15-23(22)19-29)16-27-24-11-13-28(14-12-24)17-20-7-5-4-6-8-20/h4-10,15,24,27H,11-14,16-19H2,1-3H3. The van der Waals surface area contributed by atoms with Crippen molar-refractivity contribution >= 4 is 6.09 Å². The van der Waals surface area contributed by atoms with Gasteiger partial charge in [-0.1, -0.05) is 48.5 Å². The fourth-order valence-electron chi connectivity index (χ4n) is 4.41. The van der Waals surface area contributed by atoms with Gasteiger partial charge in [0, 0.05) is 32.2 Å². The predicted molar refractivity (Wildman–Crippen MR) is 124 cm³/mol. The summed E-state index contributed by atoms with van der Waals surface area (Å²) < 4.78 is 5.53. The molecule has 1 amide bonds. The third kappa shape index (κ3) is 6.08. The number of hydrogen-bond donors (Lipinski definition) is 1. The minimum atomic E-state index is -0.461. The first-order chi connectivity index (χ1) is 14.9. The van der Waals surface area contributed by atoms with Crippen molar-refractivity contribution in [2.45, 2.75) is 71.4 Å². The van der Waals surface area contributed by atoms with Crippen molar-refractivity contribution in [3.63, 3.8) is 0 Å². The Morgan fingerprint density at radius 2 is 1.71 bits per heavy atom. The molecule has 0 radical (unpaired) electrons. The molecule has 0 saturated carbocycles. The molecule has 2 aliphatic rings. The van der Waals surface area contributed by atoms with Crippen LogP contribution in [0.3, 0.4) is 0 Å². The molecule has 166 valence electrons. The van der Waals surface area contributed by atoms with Crippen LogP contribution in [0.5, 0.6) is 0 Å². The van der Waals surface area contributed by atoms with Crippen LogP contribution in [-0.4, -0.2) is 40.6 Å². The molecule has 2 aliphatic heterocycles. The zero-order valence-electron chi connectivity index (χ0n) is 19.1. The minimum Gasteiger partial charge on any atom is -0.444 e. The number of hydrogen-bond acceptors (Lipinski definition) is 4. The van der Waals surface area contributed by atoms with Gasteiger partial charge in [-0.15, -0.1) is 0 Å². The lowest BCUT2D eigenvalue weighted by molar-refractivity contribution is 0.0242. The zero-order valence-corrected chi connectivity index (χ0v) is 19.1. The highest BCUT2D eigenvalue weighted by molar-refractivity contribution is 5.69. The maximum atomic E-state index is 12.4. The van der Waals surface area contributed by atoms with Crippen LogP contribution in [0.15, 0.2) is 48.5 Å². The average Bonchev–Trinajstić information content (AvgIpc) is 3.17. The van der Waals surface area contributed by atoms with E-state index in [1.165, 1.54) is 35.1 Å². The van der Waals surface area contributed by atoms with Crippen molar-refractivity contribution in [2.75, 3.05) is 13.1 Å². The van der Waals surface area contributed by atoms with E-state index < -0.39 is 5.60 Å². The molecule has 2 aromatic carbocycles. The maximum absolute atomic E-state index is 12.4. The summed E-state index contributed by atoms with van der Waals surface area (Å²) in [6.07, 6.45) is 2.14. The van der Waals surface area contributed by atoms with Crippen LogP contribution >= 0.6 is 0 Å². The summed E-state index contributed by atoms with van der Waals surface area (Å²) in [7, 11) is 0. The van der Waals surface area contributed by atoms with Gasteiger partial charge in [0.05, 0.1) is 0 Å². The second-order valence-electron chi connectivity index (χ2n) is 9.86. The number of carbonyl (C=O) groups is 1. The molecule has 2 heterocycles. The molecular formula is C26H35N3O2. The van der Waals surface area contributed by atoms with Crippen LogP contribution < -0.4 is 5.32 Å². The van der Waals surface area contributed by atoms with Crippen molar-refractivity contribution < 1.29 is 9.53 Å². The average molecular weight is 422 g/mol. The van der Waals surface area contributed by atoms with Gasteiger partial charge in [0.2, 0.25) is 0 Å². The minimum absolute atomic E-state index is 0.231. The second kappa shape index (κ2) is 9.41. The molecule has 5 nitrogen and oxygen atoms in total. The summed E-state index contributed by atoms with van der Waals surface area (Å²) in [4.78, 5) is 16.7. The summed E-state index contributed by atoms with van der Waals surface area (Å²) in [6.45, 7) is 11.2. The molecule has 4 rings (SSSR count). The number of likely N-dealkylation sites (tertiary alicyclic amines) is 1. The summed E-state index contributed by atoms with van der Waals surface area (Å²) in [5.41, 5.74) is 4.69. The van der Waals surface area contributed by atoms with E-state index in [-0.39, 0.29) is 6.09 Å². The first-order valence-electron chi connectivity index (χ1n) is 11.4. The fourth-order valence-corrected chi connectivity index (χ4v) is 4.41. The Kier molecular flexibility index (Phi) is 6.63. The van der Waals surface area contributed by atoms with Gasteiger partial charge in [-0.25, -0.2) is 4.79 Å². The number of nitrogens with one attached hydrogen (secondary N) is 1. The Morgan fingerprint density at radius 1 is 1.00 bits per heavy atom. The largest absolute Gasteiger partial charge is 0.444 e. The number of fused-ring (bicyclic) bond motifs is 1. The molecule has 2 aromatic rings. The summed E-state index contributed by atoms with van der Waals surface area (Å²) in [5.74, 6) is 0. The van der Waals surface area contributed by atoms with Crippen molar-refractivity contribution in [1.29, 1.82) is 0 Å². The summed E-state index contributed by atoms with van der Waals surface area (Å²) in [5, 5.41) is 3.75. The highest BCUT2D eigenvalue weighted by Gasteiger charge is 2.28. The molecule has 0 unspecified atom stereocenters. The van der Waals surface area contributed by atoms with Gasteiger partial charge in [0.25, 0.3) is 0 Å². The SMILES string of the molecule is CC(C)(C)OC(=O)N1Cc2ccc(CNC3CCN(Cc4ccccc4)CC3)cc2C1. The predicted octanol–water partition coefficient (Wildman–Crippen LogP) is 4.69. The number of piperidine rings is 1. The molecule has 1 saturated heterocycles. The van der Waals surface area contributed by atoms with Gasteiger partial charge >= 0.3 is 6.09 Å². The Morgan fingerprint density at radius 3 is 2.42 bits per heavy atom. The number of ether oxygens (including phenoxy) is 1. The van der Waals surface area contributed by atoms with Crippen LogP contribution in [0.2, 0.25) is 0 Å². The fraction of sp³-hybridized carbons (Fsp3) is 0.500. The van der Waals surface area contributed by atoms with E-state index in [4.69, 9.17) is 4.74 Å². The van der Waals surface area contributed by atoms with Gasteiger partial charge in [-0.3, -0.25) is 9.80 Å². The smallest absolute Gasteiger partial charge is 0.410 e. The van der Waals surface area contributed by atoms with Gasteiger partial charge in [-0.2, -0.15) is 0 Å². The number of rotatable bonds is 5. The lowest BCUT2D eigenvalue weighted by Gasteiger charge is -2.32. The highest BCUT2D eigenvalue weighted by atomic mass is 16.6. The van der Waals surface area contributed by atoms with Crippen LogP contribution in [0, 0.1) is 0 Å². The second-order valence-corrected chi connectivity index (χ2v) is 9.86. The molecule has 0 bridgehead atoms. The molecule has 5 heteroatoms. The maximum Gasteiger partial charge on any atom is 0.410 e. The number of carbonyl (C=O) groups excluding carboxylic acids is 1. The summed E-state index contributed by atoms with van der Waals surface area (Å²) >= 11 is 0. The molecule has 0 aromatic heterocycles. The highest BCUT2D eigenvalue weighted by Crippen LogP contribution is 2.26. The molecule has 0 atom stereocenters. The lowest BCUT2D eigenvalue weighted by atomic mass is 10.0. The quantitative estimate of drug-likeness (QED) is 0.761. The van der Waals surface area contributed by atoms with Crippen LogP contribution in [0.1, 0.15) is 55.9 Å². The molecule has 31 heavy (non-hydrogen) atoms. The number of nitrogens with zero attached hydrogens (tertiary/aromatic N) is 2. The van der Waals surface area contributed by atoms with E-state index in [0.29, 0.717) is 19.1 Å². The normalized spacial score (nSPS) is 17.6. The lowest BCUT2D eigenvalue weighted by Crippen LogP contribution is -2.41. The van der Waals surface area contributed by atoms with Gasteiger partial charge < -0.3 is 10.1 Å². The summed E-state index contributed by atoms with van der Waals surface area (Å²) in [6, 6.07) is 17.9. The van der Waals surface area contributed by atoms with Crippen LogP contribution in [0.25, 0.3) is 0 Å². The topological polar surface area (TPSA) is 44.8 Å². The van der Waals surface area contributed by atoms with Crippen molar-refractivity contribution in [3.05, 3.63) is 70.8 Å². The van der Waals surface area contributed by atoms with Crippen molar-refractivity contribution in [2.24, 2.45) is 0 Å². The number of benzene rings is 2. The van der Waals surface area contributed by atoms with E-state index in [0.717, 1.165) is 26.2 Å². The van der Waals surface area contributed by atoms with E-state index in [2.05, 4.69) is 58.7 Å². The van der Waals surface area contributed by atoms with Crippen molar-refractivity contribution in [1.82, 2.24) is 15.1 Å². The first kappa shape index (κ1) is 21.8. The molecule has 0 aliphatic carbocycles. The Bertz CT molecular complexity index is 883. The van der Waals surface area contributed by atoms with E-state index in [1.54, 1.807) is 4.90 Å². The van der Waals surface area contributed by atoms with Gasteiger partial charge in [0.15, 0.2) is 0 Å². The molecule has 1 fully saturated rings. The van der Waals surface area contributed by atoms with E-state index in [9.17, 15) is 4.79 Å². The Labute approximate surface area is 186 Å². The van der Waals surface area contributed by atoms with Crippen LogP contribution in [-0.2, 0) is 30.9 Å². The monoisotopic (exact) mass is 421 g/mol. The van der Waals surface area contributed by atoms with Crippen LogP contribution in [0.4, 0.5) is 4.79 Å². The molecule has 1 N–H and O–H groups in total. The number of amides is 1. The first-order valence-corrected chi connectivity index (χ1v) is 11.4. The Hall–Kier alpha value is -2.37. The molecule has 0 spiro atoms. The third-order valence-corrected chi connectivity index (χ3v) is 6.08. The van der Waals surface area contributed by atoms with Crippen molar-refractivity contribution in [3.8, 4) is 0 Å². The third-order valence-electron chi connectivity index (χ3n) is 6.08. The van der Waals surface area contributed by atoms with E-state index in [1.807, 2.05) is 20.8 Å². The van der Waals surface area contributed by atoms with Gasteiger partial charge in [0.1, 0.15) is 5.60 Å². The Balaban J connectivity index is 1.23. The van der Waals surface area contributed by atoms with Gasteiger partial charge in [-0.05, 0) is 69.0 Å². The van der Waals surface area contributed by atoms with E-state index >= 15 is 0 Å².